The maximum atomic E-state index is 10.9. The zero-order chi connectivity index (χ0) is 12.7. The van der Waals surface area contributed by atoms with Crippen molar-refractivity contribution in [1.29, 1.82) is 0 Å². The van der Waals surface area contributed by atoms with Crippen LogP contribution in [0.4, 0.5) is 0 Å². The Morgan fingerprint density at radius 1 is 1.41 bits per heavy atom. The third-order valence-corrected chi connectivity index (χ3v) is 2.69. The maximum Gasteiger partial charge on any atom is 0.248 e. The highest BCUT2D eigenvalue weighted by Crippen LogP contribution is 2.04. The Morgan fingerprint density at radius 3 is 2.53 bits per heavy atom. The summed E-state index contributed by atoms with van der Waals surface area (Å²) in [4.78, 5) is 10.9. The molecular formula is C13H20N2O2. The molecule has 1 unspecified atom stereocenters. The van der Waals surface area contributed by atoms with E-state index in [1.165, 1.54) is 0 Å². The van der Waals surface area contributed by atoms with Crippen LogP contribution < -0.4 is 11.1 Å². The molecule has 1 atom stereocenters. The molecule has 3 N–H and O–H groups in total. The minimum absolute atomic E-state index is 0.357. The van der Waals surface area contributed by atoms with E-state index in [9.17, 15) is 4.79 Å². The Labute approximate surface area is 102 Å². The van der Waals surface area contributed by atoms with Crippen LogP contribution in [0.15, 0.2) is 24.3 Å². The summed E-state index contributed by atoms with van der Waals surface area (Å²) in [7, 11) is 1.70. The minimum Gasteiger partial charge on any atom is -0.383 e. The predicted molar refractivity (Wildman–Crippen MR) is 67.8 cm³/mol. The highest BCUT2D eigenvalue weighted by Gasteiger charge is 2.05. The standard InChI is InChI=1S/C13H20N2O2/c1-3-12(9-17-2)15-8-10-4-6-11(7-5-10)13(14)16/h4-7,12,15H,3,8-9H2,1-2H3,(H2,14,16). The fraction of sp³-hybridized carbons (Fsp3) is 0.462. The van der Waals surface area contributed by atoms with Gasteiger partial charge in [0.05, 0.1) is 6.61 Å². The third kappa shape index (κ3) is 4.54. The molecule has 0 bridgehead atoms. The monoisotopic (exact) mass is 236 g/mol. The van der Waals surface area contributed by atoms with Crippen molar-refractivity contribution in [1.82, 2.24) is 5.32 Å². The summed E-state index contributed by atoms with van der Waals surface area (Å²) >= 11 is 0. The van der Waals surface area contributed by atoms with E-state index in [1.807, 2.05) is 12.1 Å². The number of nitrogens with two attached hydrogens (primary N) is 1. The molecule has 0 aromatic heterocycles. The summed E-state index contributed by atoms with van der Waals surface area (Å²) < 4.78 is 5.11. The number of rotatable bonds is 7. The molecule has 0 aliphatic rings. The Morgan fingerprint density at radius 2 is 2.06 bits per heavy atom. The van der Waals surface area contributed by atoms with Crippen LogP contribution in [0.2, 0.25) is 0 Å². The lowest BCUT2D eigenvalue weighted by Gasteiger charge is -2.15. The van der Waals surface area contributed by atoms with Gasteiger partial charge < -0.3 is 15.8 Å². The second-order valence-corrected chi connectivity index (χ2v) is 4.00. The van der Waals surface area contributed by atoms with E-state index in [4.69, 9.17) is 10.5 Å². The summed E-state index contributed by atoms with van der Waals surface area (Å²) in [6.07, 6.45) is 1.02. The van der Waals surface area contributed by atoms with Gasteiger partial charge in [0.1, 0.15) is 0 Å². The van der Waals surface area contributed by atoms with Crippen molar-refractivity contribution < 1.29 is 9.53 Å². The Hall–Kier alpha value is -1.39. The number of carbonyl (C=O) groups excluding carboxylic acids is 1. The summed E-state index contributed by atoms with van der Waals surface area (Å²) in [6, 6.07) is 7.67. The van der Waals surface area contributed by atoms with Crippen molar-refractivity contribution in [3.63, 3.8) is 0 Å². The highest BCUT2D eigenvalue weighted by molar-refractivity contribution is 5.92. The van der Waals surface area contributed by atoms with Crippen LogP contribution >= 0.6 is 0 Å². The van der Waals surface area contributed by atoms with E-state index >= 15 is 0 Å². The zero-order valence-corrected chi connectivity index (χ0v) is 10.4. The zero-order valence-electron chi connectivity index (χ0n) is 10.4. The molecule has 94 valence electrons. The van der Waals surface area contributed by atoms with E-state index in [0.717, 1.165) is 18.5 Å². The third-order valence-electron chi connectivity index (χ3n) is 2.69. The Kier molecular flexibility index (Phi) is 5.66. The van der Waals surface area contributed by atoms with Crippen molar-refractivity contribution in [2.24, 2.45) is 5.73 Å². The van der Waals surface area contributed by atoms with E-state index in [-0.39, 0.29) is 0 Å². The minimum atomic E-state index is -0.393. The molecule has 1 rings (SSSR count). The number of hydrogen-bond donors (Lipinski definition) is 2. The molecule has 0 fully saturated rings. The summed E-state index contributed by atoms with van der Waals surface area (Å²) in [5, 5.41) is 3.39. The van der Waals surface area contributed by atoms with Gasteiger partial charge in [-0.25, -0.2) is 0 Å². The van der Waals surface area contributed by atoms with Crippen molar-refractivity contribution in [3.05, 3.63) is 35.4 Å². The van der Waals surface area contributed by atoms with E-state index in [0.29, 0.717) is 18.2 Å². The molecule has 0 saturated heterocycles. The molecular weight excluding hydrogens is 216 g/mol. The van der Waals surface area contributed by atoms with Gasteiger partial charge in [-0.2, -0.15) is 0 Å². The molecule has 0 spiro atoms. The summed E-state index contributed by atoms with van der Waals surface area (Å²) in [6.45, 7) is 3.59. The first-order valence-corrected chi connectivity index (χ1v) is 5.78. The molecule has 0 saturated carbocycles. The van der Waals surface area contributed by atoms with E-state index in [1.54, 1.807) is 19.2 Å². The molecule has 1 amide bonds. The van der Waals surface area contributed by atoms with Crippen LogP contribution in [-0.2, 0) is 11.3 Å². The number of benzene rings is 1. The molecule has 1 aromatic carbocycles. The molecule has 0 heterocycles. The first-order valence-electron chi connectivity index (χ1n) is 5.78. The van der Waals surface area contributed by atoms with Crippen molar-refractivity contribution in [3.8, 4) is 0 Å². The fourth-order valence-electron chi connectivity index (χ4n) is 1.57. The number of amides is 1. The number of primary amides is 1. The molecule has 4 nitrogen and oxygen atoms in total. The smallest absolute Gasteiger partial charge is 0.248 e. The van der Waals surface area contributed by atoms with Gasteiger partial charge in [-0.05, 0) is 24.1 Å². The number of nitrogens with one attached hydrogen (secondary N) is 1. The lowest BCUT2D eigenvalue weighted by Crippen LogP contribution is -2.32. The van der Waals surface area contributed by atoms with Crippen molar-refractivity contribution in [2.75, 3.05) is 13.7 Å². The van der Waals surface area contributed by atoms with E-state index in [2.05, 4.69) is 12.2 Å². The lowest BCUT2D eigenvalue weighted by molar-refractivity contribution is 0.100. The number of methoxy groups -OCH3 is 1. The van der Waals surface area contributed by atoms with Gasteiger partial charge in [-0.1, -0.05) is 19.1 Å². The van der Waals surface area contributed by atoms with E-state index < -0.39 is 5.91 Å². The Balaban J connectivity index is 2.48. The molecule has 0 aliphatic carbocycles. The van der Waals surface area contributed by atoms with Gasteiger partial charge in [0.2, 0.25) is 5.91 Å². The average Bonchev–Trinajstić information content (AvgIpc) is 2.35. The van der Waals surface area contributed by atoms with Crippen molar-refractivity contribution in [2.45, 2.75) is 25.9 Å². The van der Waals surface area contributed by atoms with Crippen LogP contribution in [0, 0.1) is 0 Å². The van der Waals surface area contributed by atoms with Crippen LogP contribution in [0.5, 0.6) is 0 Å². The van der Waals surface area contributed by atoms with Crippen LogP contribution in [0.25, 0.3) is 0 Å². The number of hydrogen-bond acceptors (Lipinski definition) is 3. The fourth-order valence-corrected chi connectivity index (χ4v) is 1.57. The molecule has 0 aliphatic heterocycles. The second kappa shape index (κ2) is 7.04. The average molecular weight is 236 g/mol. The maximum absolute atomic E-state index is 10.9. The van der Waals surface area contributed by atoms with Gasteiger partial charge in [-0.15, -0.1) is 0 Å². The normalized spacial score (nSPS) is 12.4. The van der Waals surface area contributed by atoms with Crippen LogP contribution in [-0.4, -0.2) is 25.7 Å². The first-order chi connectivity index (χ1) is 8.17. The van der Waals surface area contributed by atoms with Gasteiger partial charge in [0.15, 0.2) is 0 Å². The first kappa shape index (κ1) is 13.7. The largest absolute Gasteiger partial charge is 0.383 e. The second-order valence-electron chi connectivity index (χ2n) is 4.00. The quantitative estimate of drug-likeness (QED) is 0.750. The number of carbonyl (C=O) groups is 1. The van der Waals surface area contributed by atoms with Crippen LogP contribution in [0.3, 0.4) is 0 Å². The Bertz CT molecular complexity index is 349. The number of ether oxygens (including phenoxy) is 1. The van der Waals surface area contributed by atoms with Gasteiger partial charge in [-0.3, -0.25) is 4.79 Å². The molecule has 17 heavy (non-hydrogen) atoms. The lowest BCUT2D eigenvalue weighted by atomic mass is 10.1. The van der Waals surface area contributed by atoms with Gasteiger partial charge in [0.25, 0.3) is 0 Å². The van der Waals surface area contributed by atoms with Gasteiger partial charge in [0, 0.05) is 25.3 Å². The topological polar surface area (TPSA) is 64.3 Å². The molecule has 4 heteroatoms. The molecule has 1 aromatic rings. The summed E-state index contributed by atoms with van der Waals surface area (Å²) in [5.74, 6) is -0.393. The SMILES string of the molecule is CCC(COC)NCc1ccc(C(N)=O)cc1. The van der Waals surface area contributed by atoms with Gasteiger partial charge >= 0.3 is 0 Å². The summed E-state index contributed by atoms with van der Waals surface area (Å²) in [5.41, 5.74) is 6.84. The van der Waals surface area contributed by atoms with Crippen LogP contribution in [0.1, 0.15) is 29.3 Å². The molecule has 0 radical (unpaired) electrons. The predicted octanol–water partition coefficient (Wildman–Crippen LogP) is 1.30. The van der Waals surface area contributed by atoms with Crippen molar-refractivity contribution >= 4 is 5.91 Å². The highest BCUT2D eigenvalue weighted by atomic mass is 16.5.